The second-order valence-corrected chi connectivity index (χ2v) is 4.41. The molecule has 1 heterocycles. The van der Waals surface area contributed by atoms with E-state index in [4.69, 9.17) is 5.11 Å². The van der Waals surface area contributed by atoms with Crippen LogP contribution in [0.25, 0.3) is 0 Å². The minimum absolute atomic E-state index is 0.232. The average molecular weight is 227 g/mol. The molecule has 0 aromatic carbocycles. The van der Waals surface area contributed by atoms with E-state index in [0.29, 0.717) is 11.4 Å². The number of carbonyl (C=O) groups is 2. The second kappa shape index (κ2) is 4.44. The van der Waals surface area contributed by atoms with Gasteiger partial charge < -0.3 is 10.4 Å². The largest absolute Gasteiger partial charge is 0.478 e. The SMILES string of the molecule is CCc1c(C)sc(NC(C)=O)c1C(=O)O. The zero-order valence-electron chi connectivity index (χ0n) is 8.88. The highest BCUT2D eigenvalue weighted by atomic mass is 32.1. The first-order chi connectivity index (χ1) is 6.97. The minimum atomic E-state index is -0.986. The molecule has 0 atom stereocenters. The number of amides is 1. The fraction of sp³-hybridized carbons (Fsp3) is 0.400. The van der Waals surface area contributed by atoms with Crippen molar-refractivity contribution in [2.75, 3.05) is 5.32 Å². The fourth-order valence-corrected chi connectivity index (χ4v) is 2.66. The first-order valence-corrected chi connectivity index (χ1v) is 5.42. The highest BCUT2D eigenvalue weighted by Gasteiger charge is 2.20. The van der Waals surface area contributed by atoms with Gasteiger partial charge in [-0.15, -0.1) is 11.3 Å². The quantitative estimate of drug-likeness (QED) is 0.832. The van der Waals surface area contributed by atoms with E-state index < -0.39 is 5.97 Å². The van der Waals surface area contributed by atoms with Gasteiger partial charge in [0.05, 0.1) is 5.56 Å². The molecule has 1 aromatic heterocycles. The molecule has 1 aromatic rings. The lowest BCUT2D eigenvalue weighted by Crippen LogP contribution is -2.09. The standard InChI is InChI=1S/C10H13NO3S/c1-4-7-5(2)15-9(11-6(3)12)8(7)10(13)14/h4H2,1-3H3,(H,11,12)(H,13,14). The van der Waals surface area contributed by atoms with Crippen LogP contribution in [0.2, 0.25) is 0 Å². The Kier molecular flexibility index (Phi) is 3.47. The smallest absolute Gasteiger partial charge is 0.339 e. The topological polar surface area (TPSA) is 66.4 Å². The number of nitrogens with one attached hydrogen (secondary N) is 1. The highest BCUT2D eigenvalue weighted by Crippen LogP contribution is 2.33. The summed E-state index contributed by atoms with van der Waals surface area (Å²) >= 11 is 1.31. The first-order valence-electron chi connectivity index (χ1n) is 4.60. The van der Waals surface area contributed by atoms with Gasteiger partial charge in [-0.1, -0.05) is 6.92 Å². The number of hydrogen-bond acceptors (Lipinski definition) is 3. The fourth-order valence-electron chi connectivity index (χ4n) is 1.48. The van der Waals surface area contributed by atoms with Crippen LogP contribution in [-0.2, 0) is 11.2 Å². The maximum atomic E-state index is 11.1. The Balaban J connectivity index is 3.26. The van der Waals surface area contributed by atoms with Crippen LogP contribution in [0, 0.1) is 6.92 Å². The van der Waals surface area contributed by atoms with Gasteiger partial charge in [-0.25, -0.2) is 4.79 Å². The summed E-state index contributed by atoms with van der Waals surface area (Å²) in [4.78, 5) is 22.9. The molecular weight excluding hydrogens is 214 g/mol. The van der Waals surface area contributed by atoms with Gasteiger partial charge in [-0.05, 0) is 18.9 Å². The molecule has 0 radical (unpaired) electrons. The molecule has 0 fully saturated rings. The van der Waals surface area contributed by atoms with Crippen molar-refractivity contribution in [3.8, 4) is 0 Å². The number of carboxylic acid groups (broad SMARTS) is 1. The number of anilines is 1. The van der Waals surface area contributed by atoms with Crippen LogP contribution in [0.4, 0.5) is 5.00 Å². The molecule has 0 aliphatic rings. The third-order valence-corrected chi connectivity index (χ3v) is 3.13. The van der Waals surface area contributed by atoms with Crippen LogP contribution in [-0.4, -0.2) is 17.0 Å². The molecule has 1 rings (SSSR count). The Morgan fingerprint density at radius 3 is 2.47 bits per heavy atom. The van der Waals surface area contributed by atoms with Crippen molar-refractivity contribution in [2.24, 2.45) is 0 Å². The molecule has 82 valence electrons. The molecule has 0 saturated carbocycles. The van der Waals surface area contributed by atoms with Gasteiger partial charge in [0, 0.05) is 11.8 Å². The summed E-state index contributed by atoms with van der Waals surface area (Å²) in [6.07, 6.45) is 0.656. The summed E-state index contributed by atoms with van der Waals surface area (Å²) < 4.78 is 0. The van der Waals surface area contributed by atoms with Crippen LogP contribution >= 0.6 is 11.3 Å². The van der Waals surface area contributed by atoms with Gasteiger partial charge in [0.15, 0.2) is 0 Å². The minimum Gasteiger partial charge on any atom is -0.478 e. The van der Waals surface area contributed by atoms with Crippen molar-refractivity contribution in [3.05, 3.63) is 16.0 Å². The molecule has 0 bridgehead atoms. The Morgan fingerprint density at radius 2 is 2.07 bits per heavy atom. The predicted molar refractivity (Wildman–Crippen MR) is 59.7 cm³/mol. The molecule has 4 nitrogen and oxygen atoms in total. The third-order valence-electron chi connectivity index (χ3n) is 2.07. The van der Waals surface area contributed by atoms with E-state index >= 15 is 0 Å². The Bertz CT molecular complexity index is 409. The van der Waals surface area contributed by atoms with Crippen molar-refractivity contribution < 1.29 is 14.7 Å². The molecular formula is C10H13NO3S. The first kappa shape index (κ1) is 11.7. The number of hydrogen-bond donors (Lipinski definition) is 2. The van der Waals surface area contributed by atoms with Crippen molar-refractivity contribution in [1.29, 1.82) is 0 Å². The number of carboxylic acids is 1. The summed E-state index contributed by atoms with van der Waals surface area (Å²) in [5.74, 6) is -1.23. The number of aryl methyl sites for hydroxylation is 1. The van der Waals surface area contributed by atoms with Crippen molar-refractivity contribution >= 4 is 28.2 Å². The predicted octanol–water partition coefficient (Wildman–Crippen LogP) is 2.28. The Labute approximate surface area is 91.9 Å². The van der Waals surface area contributed by atoms with E-state index in [0.717, 1.165) is 10.4 Å². The van der Waals surface area contributed by atoms with Crippen LogP contribution in [0.15, 0.2) is 0 Å². The normalized spacial score (nSPS) is 10.1. The van der Waals surface area contributed by atoms with Gasteiger partial charge in [0.25, 0.3) is 0 Å². The lowest BCUT2D eigenvalue weighted by molar-refractivity contribution is -0.114. The lowest BCUT2D eigenvalue weighted by atomic mass is 10.1. The van der Waals surface area contributed by atoms with Gasteiger partial charge in [0.1, 0.15) is 5.00 Å². The molecule has 1 amide bonds. The Morgan fingerprint density at radius 1 is 1.47 bits per heavy atom. The number of aromatic carboxylic acids is 1. The average Bonchev–Trinajstić information content (AvgIpc) is 2.40. The summed E-state index contributed by atoms with van der Waals surface area (Å²) in [6.45, 7) is 5.13. The maximum Gasteiger partial charge on any atom is 0.339 e. The molecule has 0 aliphatic carbocycles. The highest BCUT2D eigenvalue weighted by molar-refractivity contribution is 7.16. The second-order valence-electron chi connectivity index (χ2n) is 3.18. The van der Waals surface area contributed by atoms with E-state index in [1.165, 1.54) is 18.3 Å². The summed E-state index contributed by atoms with van der Waals surface area (Å²) in [5.41, 5.74) is 1.03. The number of thiophene rings is 1. The lowest BCUT2D eigenvalue weighted by Gasteiger charge is -2.01. The van der Waals surface area contributed by atoms with Gasteiger partial charge in [0.2, 0.25) is 5.91 Å². The van der Waals surface area contributed by atoms with Crippen LogP contribution in [0.5, 0.6) is 0 Å². The van der Waals surface area contributed by atoms with E-state index in [9.17, 15) is 9.59 Å². The van der Waals surface area contributed by atoms with Crippen LogP contribution in [0.1, 0.15) is 34.6 Å². The van der Waals surface area contributed by atoms with Crippen molar-refractivity contribution in [2.45, 2.75) is 27.2 Å². The van der Waals surface area contributed by atoms with E-state index in [1.807, 2.05) is 13.8 Å². The number of carbonyl (C=O) groups excluding carboxylic acids is 1. The van der Waals surface area contributed by atoms with Crippen LogP contribution in [0.3, 0.4) is 0 Å². The van der Waals surface area contributed by atoms with Crippen molar-refractivity contribution in [1.82, 2.24) is 0 Å². The number of rotatable bonds is 3. The maximum absolute atomic E-state index is 11.1. The molecule has 15 heavy (non-hydrogen) atoms. The molecule has 5 heteroatoms. The summed E-state index contributed by atoms with van der Waals surface area (Å²) in [6, 6.07) is 0. The van der Waals surface area contributed by atoms with E-state index in [1.54, 1.807) is 0 Å². The van der Waals surface area contributed by atoms with Crippen molar-refractivity contribution in [3.63, 3.8) is 0 Å². The molecule has 0 unspecified atom stereocenters. The summed E-state index contributed by atoms with van der Waals surface area (Å²) in [5, 5.41) is 12.0. The van der Waals surface area contributed by atoms with Gasteiger partial charge in [-0.3, -0.25) is 4.79 Å². The van der Waals surface area contributed by atoms with E-state index in [2.05, 4.69) is 5.32 Å². The van der Waals surface area contributed by atoms with E-state index in [-0.39, 0.29) is 11.5 Å². The zero-order valence-corrected chi connectivity index (χ0v) is 9.70. The molecule has 2 N–H and O–H groups in total. The molecule has 0 saturated heterocycles. The van der Waals surface area contributed by atoms with Gasteiger partial charge >= 0.3 is 5.97 Å². The third kappa shape index (κ3) is 2.36. The molecule has 0 aliphatic heterocycles. The summed E-state index contributed by atoms with van der Waals surface area (Å²) in [7, 11) is 0. The van der Waals surface area contributed by atoms with Gasteiger partial charge in [-0.2, -0.15) is 0 Å². The zero-order chi connectivity index (χ0) is 11.6. The van der Waals surface area contributed by atoms with Crippen LogP contribution < -0.4 is 5.32 Å². The Hall–Kier alpha value is -1.36. The molecule has 0 spiro atoms. The monoisotopic (exact) mass is 227 g/mol.